The number of aromatic nitrogens is 3. The highest BCUT2D eigenvalue weighted by Crippen LogP contribution is 2.36. The molecule has 0 spiro atoms. The highest BCUT2D eigenvalue weighted by Gasteiger charge is 2.43. The summed E-state index contributed by atoms with van der Waals surface area (Å²) in [7, 11) is 0. The summed E-state index contributed by atoms with van der Waals surface area (Å²) < 4.78 is 56.7. The average Bonchev–Trinajstić information content (AvgIpc) is 3.50. The second-order valence-electron chi connectivity index (χ2n) is 8.66. The van der Waals surface area contributed by atoms with Crippen LogP contribution in [0.5, 0.6) is 0 Å². The molecule has 1 saturated carbocycles. The molecule has 0 atom stereocenters. The maximum absolute atomic E-state index is 14.6. The number of likely N-dealkylation sites (tertiary alicyclic amines) is 1. The van der Waals surface area contributed by atoms with Crippen LogP contribution in [0, 0.1) is 11.6 Å². The van der Waals surface area contributed by atoms with Crippen LogP contribution >= 0.6 is 0 Å². The van der Waals surface area contributed by atoms with E-state index in [0.717, 1.165) is 19.0 Å². The third-order valence-corrected chi connectivity index (χ3v) is 5.76. The smallest absolute Gasteiger partial charge is 0.272 e. The standard InChI is InChI=1S/C24H21F4N5O/c25-19-7-15(11-32-13-24(27,28)14-32)1-5-21(19)31-22(34)6-2-16-8-29-10-20(26)23(16)17-9-30-33(12-17)18-3-4-18/h1-2,5-10,12,18H,3-4,11,13-14H2,(H,31,34)/b6-2+. The maximum atomic E-state index is 14.6. The minimum absolute atomic E-state index is 0.0457. The quantitative estimate of drug-likeness (QED) is 0.402. The van der Waals surface area contributed by atoms with Crippen molar-refractivity contribution in [2.75, 3.05) is 18.4 Å². The van der Waals surface area contributed by atoms with Gasteiger partial charge in [0.25, 0.3) is 5.92 Å². The zero-order chi connectivity index (χ0) is 23.9. The topological polar surface area (TPSA) is 63.1 Å². The predicted octanol–water partition coefficient (Wildman–Crippen LogP) is 4.66. The summed E-state index contributed by atoms with van der Waals surface area (Å²) in [6.07, 6.45) is 10.5. The van der Waals surface area contributed by atoms with Crippen molar-refractivity contribution < 1.29 is 22.4 Å². The fourth-order valence-corrected chi connectivity index (χ4v) is 3.96. The molecule has 10 heteroatoms. The normalized spacial score (nSPS) is 17.6. The number of nitrogens with zero attached hydrogens (tertiary/aromatic N) is 4. The van der Waals surface area contributed by atoms with Crippen LogP contribution in [-0.2, 0) is 11.3 Å². The SMILES string of the molecule is O=C(/C=C/c1cncc(F)c1-c1cnn(C2CC2)c1)Nc1ccc(CN2CC(F)(F)C2)cc1F. The number of benzene rings is 1. The Morgan fingerprint density at radius 3 is 2.65 bits per heavy atom. The molecule has 1 N–H and O–H groups in total. The van der Waals surface area contributed by atoms with E-state index in [4.69, 9.17) is 0 Å². The van der Waals surface area contributed by atoms with Crippen molar-refractivity contribution in [1.29, 1.82) is 0 Å². The molecule has 1 aliphatic carbocycles. The van der Waals surface area contributed by atoms with Crippen LogP contribution in [0.1, 0.15) is 30.0 Å². The number of carbonyl (C=O) groups excluding carboxylic acids is 1. The summed E-state index contributed by atoms with van der Waals surface area (Å²) in [4.78, 5) is 17.7. The third kappa shape index (κ3) is 4.86. The van der Waals surface area contributed by atoms with Crippen molar-refractivity contribution in [3.05, 3.63) is 71.8 Å². The number of hydrogen-bond donors (Lipinski definition) is 1. The summed E-state index contributed by atoms with van der Waals surface area (Å²) in [5.41, 5.74) is 1.72. The van der Waals surface area contributed by atoms with Crippen LogP contribution in [-0.4, -0.2) is 44.6 Å². The molecule has 0 unspecified atom stereocenters. The maximum Gasteiger partial charge on any atom is 0.272 e. The molecule has 34 heavy (non-hydrogen) atoms. The summed E-state index contributed by atoms with van der Waals surface area (Å²) in [5.74, 6) is -4.52. The number of hydrogen-bond acceptors (Lipinski definition) is 4. The molecule has 0 radical (unpaired) electrons. The number of halogens is 4. The first-order valence-corrected chi connectivity index (χ1v) is 10.8. The number of anilines is 1. The van der Waals surface area contributed by atoms with Crippen molar-refractivity contribution in [2.24, 2.45) is 0 Å². The van der Waals surface area contributed by atoms with E-state index in [0.29, 0.717) is 22.7 Å². The number of alkyl halides is 2. The minimum Gasteiger partial charge on any atom is -0.320 e. The summed E-state index contributed by atoms with van der Waals surface area (Å²) in [6.45, 7) is -0.500. The number of amides is 1. The van der Waals surface area contributed by atoms with E-state index in [1.807, 2.05) is 0 Å². The van der Waals surface area contributed by atoms with Crippen LogP contribution in [0.2, 0.25) is 0 Å². The summed E-state index contributed by atoms with van der Waals surface area (Å²) >= 11 is 0. The number of carbonyl (C=O) groups is 1. The molecule has 3 aromatic rings. The molecule has 0 bridgehead atoms. The lowest BCUT2D eigenvalue weighted by Gasteiger charge is -2.38. The fraction of sp³-hybridized carbons (Fsp3) is 0.292. The van der Waals surface area contributed by atoms with Gasteiger partial charge in [-0.05, 0) is 36.6 Å². The highest BCUT2D eigenvalue weighted by atomic mass is 19.3. The van der Waals surface area contributed by atoms with Gasteiger partial charge in [-0.1, -0.05) is 6.07 Å². The lowest BCUT2D eigenvalue weighted by Crippen LogP contribution is -2.55. The monoisotopic (exact) mass is 471 g/mol. The van der Waals surface area contributed by atoms with Crippen LogP contribution in [0.3, 0.4) is 0 Å². The van der Waals surface area contributed by atoms with Gasteiger partial charge in [0.1, 0.15) is 11.6 Å². The average molecular weight is 471 g/mol. The van der Waals surface area contributed by atoms with Crippen molar-refractivity contribution in [1.82, 2.24) is 19.7 Å². The molecular weight excluding hydrogens is 450 g/mol. The zero-order valence-electron chi connectivity index (χ0n) is 18.0. The van der Waals surface area contributed by atoms with Gasteiger partial charge < -0.3 is 5.32 Å². The number of pyridine rings is 1. The van der Waals surface area contributed by atoms with Gasteiger partial charge >= 0.3 is 0 Å². The van der Waals surface area contributed by atoms with E-state index >= 15 is 0 Å². The van der Waals surface area contributed by atoms with Gasteiger partial charge in [0, 0.05) is 41.7 Å². The molecule has 6 nitrogen and oxygen atoms in total. The Morgan fingerprint density at radius 1 is 1.15 bits per heavy atom. The molecule has 176 valence electrons. The van der Waals surface area contributed by atoms with Crippen molar-refractivity contribution in [3.63, 3.8) is 0 Å². The highest BCUT2D eigenvalue weighted by molar-refractivity contribution is 6.02. The van der Waals surface area contributed by atoms with Gasteiger partial charge in [-0.3, -0.25) is 19.4 Å². The Bertz CT molecular complexity index is 1260. The molecule has 2 aromatic heterocycles. The number of rotatable bonds is 7. The fourth-order valence-electron chi connectivity index (χ4n) is 3.96. The first kappa shape index (κ1) is 22.3. The molecule has 1 amide bonds. The predicted molar refractivity (Wildman–Crippen MR) is 118 cm³/mol. The molecule has 1 aromatic carbocycles. The van der Waals surface area contributed by atoms with E-state index in [1.54, 1.807) is 23.1 Å². The van der Waals surface area contributed by atoms with Gasteiger partial charge in [-0.2, -0.15) is 5.10 Å². The minimum atomic E-state index is -2.69. The van der Waals surface area contributed by atoms with Gasteiger partial charge in [-0.25, -0.2) is 17.6 Å². The molecule has 3 heterocycles. The molecular formula is C24H21F4N5O. The molecule has 2 aliphatic rings. The first-order chi connectivity index (χ1) is 16.3. The second-order valence-corrected chi connectivity index (χ2v) is 8.66. The molecule has 1 saturated heterocycles. The molecule has 2 fully saturated rings. The van der Waals surface area contributed by atoms with Crippen LogP contribution in [0.25, 0.3) is 17.2 Å². The van der Waals surface area contributed by atoms with E-state index in [-0.39, 0.29) is 30.9 Å². The van der Waals surface area contributed by atoms with Gasteiger partial charge in [0.2, 0.25) is 5.91 Å². The zero-order valence-corrected chi connectivity index (χ0v) is 18.0. The Hall–Kier alpha value is -3.53. The summed E-state index contributed by atoms with van der Waals surface area (Å²) in [5, 5.41) is 6.72. The Balaban J connectivity index is 1.26. The van der Waals surface area contributed by atoms with Gasteiger partial charge in [0.05, 0.1) is 37.2 Å². The van der Waals surface area contributed by atoms with Crippen molar-refractivity contribution >= 4 is 17.7 Å². The van der Waals surface area contributed by atoms with Crippen LogP contribution in [0.15, 0.2) is 49.1 Å². The third-order valence-electron chi connectivity index (χ3n) is 5.76. The van der Waals surface area contributed by atoms with E-state index in [9.17, 15) is 22.4 Å². The van der Waals surface area contributed by atoms with Crippen molar-refractivity contribution in [2.45, 2.75) is 31.4 Å². The van der Waals surface area contributed by atoms with Gasteiger partial charge in [-0.15, -0.1) is 0 Å². The largest absolute Gasteiger partial charge is 0.320 e. The lowest BCUT2D eigenvalue weighted by atomic mass is 10.0. The van der Waals surface area contributed by atoms with Crippen LogP contribution < -0.4 is 5.32 Å². The first-order valence-electron chi connectivity index (χ1n) is 10.8. The van der Waals surface area contributed by atoms with Crippen LogP contribution in [0.4, 0.5) is 23.2 Å². The Morgan fingerprint density at radius 2 is 1.94 bits per heavy atom. The van der Waals surface area contributed by atoms with E-state index < -0.39 is 23.5 Å². The Kier molecular flexibility index (Phi) is 5.68. The number of nitrogens with one attached hydrogen (secondary N) is 1. The van der Waals surface area contributed by atoms with Gasteiger partial charge in [0.15, 0.2) is 0 Å². The molecule has 1 aliphatic heterocycles. The Labute approximate surface area is 192 Å². The second kappa shape index (κ2) is 8.68. The lowest BCUT2D eigenvalue weighted by molar-refractivity contribution is -0.133. The summed E-state index contributed by atoms with van der Waals surface area (Å²) in [6, 6.07) is 4.51. The molecule has 5 rings (SSSR count). The van der Waals surface area contributed by atoms with Crippen molar-refractivity contribution in [3.8, 4) is 11.1 Å². The van der Waals surface area contributed by atoms with E-state index in [1.165, 1.54) is 35.4 Å². The van der Waals surface area contributed by atoms with E-state index in [2.05, 4.69) is 15.4 Å².